The van der Waals surface area contributed by atoms with E-state index >= 15 is 0 Å². The van der Waals surface area contributed by atoms with Crippen LogP contribution in [0, 0.1) is 5.82 Å². The van der Waals surface area contributed by atoms with Crippen LogP contribution in [0.25, 0.3) is 0 Å². The van der Waals surface area contributed by atoms with Gasteiger partial charge in [-0.15, -0.1) is 0 Å². The van der Waals surface area contributed by atoms with Crippen LogP contribution < -0.4 is 14.8 Å². The van der Waals surface area contributed by atoms with E-state index in [1.165, 1.54) is 13.2 Å². The molecule has 112 valence electrons. The molecule has 0 radical (unpaired) electrons. The molecular formula is C15H14Br2FNO2. The lowest BCUT2D eigenvalue weighted by Gasteiger charge is -2.13. The Morgan fingerprint density at radius 3 is 2.52 bits per heavy atom. The molecule has 6 heteroatoms. The molecule has 3 nitrogen and oxygen atoms in total. The SMILES string of the molecule is COc1cc(NCc2cc(Br)cc(Br)c2OC)ccc1F. The Morgan fingerprint density at radius 2 is 1.86 bits per heavy atom. The highest BCUT2D eigenvalue weighted by Crippen LogP contribution is 2.33. The van der Waals surface area contributed by atoms with Crippen LogP contribution in [0.4, 0.5) is 10.1 Å². The van der Waals surface area contributed by atoms with Crippen LogP contribution in [0.3, 0.4) is 0 Å². The molecular weight excluding hydrogens is 405 g/mol. The normalized spacial score (nSPS) is 10.3. The highest BCUT2D eigenvalue weighted by atomic mass is 79.9. The number of nitrogens with one attached hydrogen (secondary N) is 1. The van der Waals surface area contributed by atoms with E-state index in [0.29, 0.717) is 6.54 Å². The molecule has 0 aliphatic rings. The minimum absolute atomic E-state index is 0.211. The number of ether oxygens (including phenoxy) is 2. The molecule has 1 N–H and O–H groups in total. The lowest BCUT2D eigenvalue weighted by Crippen LogP contribution is -2.03. The number of methoxy groups -OCH3 is 2. The Hall–Kier alpha value is -1.27. The minimum atomic E-state index is -0.383. The summed E-state index contributed by atoms with van der Waals surface area (Å²) < 4.78 is 25.5. The summed E-state index contributed by atoms with van der Waals surface area (Å²) in [6, 6.07) is 8.54. The molecule has 0 aliphatic carbocycles. The van der Waals surface area contributed by atoms with Gasteiger partial charge in [-0.2, -0.15) is 0 Å². The molecule has 0 atom stereocenters. The van der Waals surface area contributed by atoms with Crippen molar-refractivity contribution in [1.82, 2.24) is 0 Å². The first-order valence-electron chi connectivity index (χ1n) is 6.14. The first-order valence-corrected chi connectivity index (χ1v) is 7.73. The maximum atomic E-state index is 13.4. The van der Waals surface area contributed by atoms with Crippen molar-refractivity contribution in [2.75, 3.05) is 19.5 Å². The van der Waals surface area contributed by atoms with Gasteiger partial charge in [-0.3, -0.25) is 0 Å². The van der Waals surface area contributed by atoms with Gasteiger partial charge in [-0.1, -0.05) is 15.9 Å². The summed E-state index contributed by atoms with van der Waals surface area (Å²) in [5.74, 6) is 0.591. The number of anilines is 1. The molecule has 0 aliphatic heterocycles. The molecule has 0 bridgehead atoms. The molecule has 0 unspecified atom stereocenters. The average Bonchev–Trinajstić information content (AvgIpc) is 2.46. The van der Waals surface area contributed by atoms with E-state index in [1.807, 2.05) is 12.1 Å². The van der Waals surface area contributed by atoms with Gasteiger partial charge < -0.3 is 14.8 Å². The van der Waals surface area contributed by atoms with Crippen molar-refractivity contribution in [3.63, 3.8) is 0 Å². The minimum Gasteiger partial charge on any atom is -0.495 e. The Kier molecular flexibility index (Phi) is 5.47. The van der Waals surface area contributed by atoms with Gasteiger partial charge in [0.1, 0.15) is 5.75 Å². The summed E-state index contributed by atoms with van der Waals surface area (Å²) in [5.41, 5.74) is 1.74. The second kappa shape index (κ2) is 7.13. The maximum absolute atomic E-state index is 13.4. The highest BCUT2D eigenvalue weighted by Gasteiger charge is 2.10. The van der Waals surface area contributed by atoms with E-state index in [9.17, 15) is 4.39 Å². The van der Waals surface area contributed by atoms with E-state index in [1.54, 1.807) is 19.2 Å². The first-order chi connectivity index (χ1) is 10.0. The summed E-state index contributed by atoms with van der Waals surface area (Å²) in [6.45, 7) is 0.538. The molecule has 0 spiro atoms. The van der Waals surface area contributed by atoms with Crippen molar-refractivity contribution in [3.05, 3.63) is 50.7 Å². The van der Waals surface area contributed by atoms with E-state index in [2.05, 4.69) is 37.2 Å². The summed E-state index contributed by atoms with van der Waals surface area (Å²) in [5, 5.41) is 3.22. The smallest absolute Gasteiger partial charge is 0.165 e. The topological polar surface area (TPSA) is 30.5 Å². The molecule has 2 rings (SSSR count). The van der Waals surface area contributed by atoms with Gasteiger partial charge in [0, 0.05) is 28.3 Å². The summed E-state index contributed by atoms with van der Waals surface area (Å²) in [7, 11) is 3.06. The summed E-state index contributed by atoms with van der Waals surface area (Å²) in [4.78, 5) is 0. The van der Waals surface area contributed by atoms with Crippen molar-refractivity contribution in [3.8, 4) is 11.5 Å². The fraction of sp³-hybridized carbons (Fsp3) is 0.200. The van der Waals surface area contributed by atoms with Crippen molar-refractivity contribution in [1.29, 1.82) is 0 Å². The van der Waals surface area contributed by atoms with E-state index in [0.717, 1.165) is 25.9 Å². The number of halogens is 3. The first kappa shape index (κ1) is 16.1. The third-order valence-corrected chi connectivity index (χ3v) is 3.97. The second-order valence-corrected chi connectivity index (χ2v) is 6.05. The number of benzene rings is 2. The van der Waals surface area contributed by atoms with Gasteiger partial charge in [0.2, 0.25) is 0 Å². The molecule has 2 aromatic carbocycles. The highest BCUT2D eigenvalue weighted by molar-refractivity contribution is 9.11. The fourth-order valence-electron chi connectivity index (χ4n) is 1.94. The fourth-order valence-corrected chi connectivity index (χ4v) is 3.42. The lowest BCUT2D eigenvalue weighted by molar-refractivity contribution is 0.387. The van der Waals surface area contributed by atoms with Crippen LogP contribution in [-0.2, 0) is 6.54 Å². The van der Waals surface area contributed by atoms with Crippen molar-refractivity contribution < 1.29 is 13.9 Å². The van der Waals surface area contributed by atoms with Gasteiger partial charge in [0.25, 0.3) is 0 Å². The van der Waals surface area contributed by atoms with Crippen LogP contribution in [0.5, 0.6) is 11.5 Å². The molecule has 0 saturated carbocycles. The quantitative estimate of drug-likeness (QED) is 0.742. The summed E-state index contributed by atoms with van der Waals surface area (Å²) in [6.07, 6.45) is 0. The van der Waals surface area contributed by atoms with Gasteiger partial charge in [0.15, 0.2) is 11.6 Å². The lowest BCUT2D eigenvalue weighted by atomic mass is 10.2. The van der Waals surface area contributed by atoms with Crippen LogP contribution in [0.2, 0.25) is 0 Å². The molecule has 0 heterocycles. The third-order valence-electron chi connectivity index (χ3n) is 2.92. The number of rotatable bonds is 5. The Labute approximate surface area is 139 Å². The third kappa shape index (κ3) is 3.89. The zero-order valence-corrected chi connectivity index (χ0v) is 14.7. The van der Waals surface area contributed by atoms with Crippen molar-refractivity contribution >= 4 is 37.5 Å². The van der Waals surface area contributed by atoms with Crippen molar-refractivity contribution in [2.24, 2.45) is 0 Å². The second-order valence-electron chi connectivity index (χ2n) is 4.28. The van der Waals surface area contributed by atoms with Crippen LogP contribution in [-0.4, -0.2) is 14.2 Å². The van der Waals surface area contributed by atoms with Gasteiger partial charge >= 0.3 is 0 Å². The average molecular weight is 419 g/mol. The largest absolute Gasteiger partial charge is 0.495 e. The predicted molar refractivity (Wildman–Crippen MR) is 88.7 cm³/mol. The number of hydrogen-bond acceptors (Lipinski definition) is 3. The Balaban J connectivity index is 2.20. The Morgan fingerprint density at radius 1 is 1.10 bits per heavy atom. The van der Waals surface area contributed by atoms with E-state index in [4.69, 9.17) is 9.47 Å². The van der Waals surface area contributed by atoms with Crippen LogP contribution >= 0.6 is 31.9 Å². The molecule has 21 heavy (non-hydrogen) atoms. The molecule has 0 saturated heterocycles. The van der Waals surface area contributed by atoms with Gasteiger partial charge in [0.05, 0.1) is 18.7 Å². The van der Waals surface area contributed by atoms with Crippen LogP contribution in [0.1, 0.15) is 5.56 Å². The monoisotopic (exact) mass is 417 g/mol. The zero-order chi connectivity index (χ0) is 15.4. The van der Waals surface area contributed by atoms with Gasteiger partial charge in [-0.25, -0.2) is 4.39 Å². The molecule has 0 fully saturated rings. The maximum Gasteiger partial charge on any atom is 0.165 e. The predicted octanol–water partition coefficient (Wildman–Crippen LogP) is 4.98. The van der Waals surface area contributed by atoms with Crippen molar-refractivity contribution in [2.45, 2.75) is 6.54 Å². The van der Waals surface area contributed by atoms with E-state index in [-0.39, 0.29) is 11.6 Å². The summed E-state index contributed by atoms with van der Waals surface area (Å²) >= 11 is 6.92. The number of hydrogen-bond donors (Lipinski definition) is 1. The van der Waals surface area contributed by atoms with Crippen LogP contribution in [0.15, 0.2) is 39.3 Å². The zero-order valence-electron chi connectivity index (χ0n) is 11.5. The molecule has 0 aromatic heterocycles. The molecule has 0 amide bonds. The van der Waals surface area contributed by atoms with E-state index < -0.39 is 0 Å². The Bertz CT molecular complexity index is 650. The molecule has 2 aromatic rings. The van der Waals surface area contributed by atoms with Gasteiger partial charge in [-0.05, 0) is 40.2 Å². The standard InChI is InChI=1S/C15H14Br2FNO2/c1-20-14-7-11(3-4-13(14)18)19-8-9-5-10(16)6-12(17)15(9)21-2/h3-7,19H,8H2,1-2H3.